The van der Waals surface area contributed by atoms with Gasteiger partial charge in [0.1, 0.15) is 0 Å². The van der Waals surface area contributed by atoms with Gasteiger partial charge in [-0.1, -0.05) is 15.9 Å². The minimum Gasteiger partial charge on any atom is -0.144 e. The molecule has 2 rings (SSSR count). The highest BCUT2D eigenvalue weighted by atomic mass is 79.9. The lowest BCUT2D eigenvalue weighted by Crippen LogP contribution is -1.85. The van der Waals surface area contributed by atoms with Crippen molar-refractivity contribution < 1.29 is 0 Å². The first-order chi connectivity index (χ1) is 7.08. The summed E-state index contributed by atoms with van der Waals surface area (Å²) in [7, 11) is 0. The molecule has 2 aromatic heterocycles. The third kappa shape index (κ3) is 2.54. The molecule has 0 radical (unpaired) electrons. The lowest BCUT2D eigenvalue weighted by molar-refractivity contribution is 1.27. The van der Waals surface area contributed by atoms with Gasteiger partial charge in [-0.3, -0.25) is 0 Å². The predicted octanol–water partition coefficient (Wildman–Crippen LogP) is 5.67. The van der Waals surface area contributed by atoms with Crippen LogP contribution in [-0.2, 0) is 0 Å². The van der Waals surface area contributed by atoms with E-state index in [1.165, 1.54) is 24.0 Å². The van der Waals surface area contributed by atoms with Gasteiger partial charge in [-0.2, -0.15) is 0 Å². The van der Waals surface area contributed by atoms with Gasteiger partial charge in [0, 0.05) is 24.0 Å². The van der Waals surface area contributed by atoms with Crippen LogP contribution in [0.3, 0.4) is 0 Å². The Bertz CT molecular complexity index is 471. The average Bonchev–Trinajstić information content (AvgIpc) is 2.71. The minimum atomic E-state index is 0.323. The molecule has 0 fully saturated rings. The van der Waals surface area contributed by atoms with Crippen molar-refractivity contribution in [3.05, 3.63) is 42.2 Å². The Labute approximate surface area is 115 Å². The van der Waals surface area contributed by atoms with Gasteiger partial charge in [0.05, 0.1) is 4.83 Å². The zero-order valence-corrected chi connectivity index (χ0v) is 13.2. The highest BCUT2D eigenvalue weighted by Gasteiger charge is 2.17. The third-order valence-corrected chi connectivity index (χ3v) is 6.73. The Hall–Kier alpha value is 0.360. The van der Waals surface area contributed by atoms with E-state index >= 15 is 0 Å². The predicted molar refractivity (Wildman–Crippen MR) is 76.6 cm³/mol. The molecule has 0 bridgehead atoms. The van der Waals surface area contributed by atoms with E-state index in [9.17, 15) is 0 Å². The first kappa shape index (κ1) is 11.8. The maximum atomic E-state index is 3.76. The standard InChI is InChI=1S/C11H10Br2S2/c1-6-3-4-9(14-6)10(13)11-8(12)5-7(2)15-11/h3-5,10H,1-2H3. The fourth-order valence-corrected chi connectivity index (χ4v) is 5.48. The van der Waals surface area contributed by atoms with E-state index in [4.69, 9.17) is 0 Å². The number of rotatable bonds is 2. The van der Waals surface area contributed by atoms with Gasteiger partial charge < -0.3 is 0 Å². The van der Waals surface area contributed by atoms with Gasteiger partial charge in [0.15, 0.2) is 0 Å². The maximum Gasteiger partial charge on any atom is 0.0842 e. The molecular formula is C11H10Br2S2. The summed E-state index contributed by atoms with van der Waals surface area (Å²) in [5, 5.41) is 0. The second-order valence-corrected chi connectivity index (χ2v) is 7.76. The Balaban J connectivity index is 2.35. The maximum absolute atomic E-state index is 3.76. The summed E-state index contributed by atoms with van der Waals surface area (Å²) in [6.07, 6.45) is 0. The quantitative estimate of drug-likeness (QED) is 0.601. The summed E-state index contributed by atoms with van der Waals surface area (Å²) in [6.45, 7) is 4.28. The minimum absolute atomic E-state index is 0.323. The second-order valence-electron chi connectivity index (χ2n) is 3.38. The number of hydrogen-bond acceptors (Lipinski definition) is 2. The van der Waals surface area contributed by atoms with Crippen LogP contribution in [0.1, 0.15) is 24.3 Å². The molecule has 4 heteroatoms. The van der Waals surface area contributed by atoms with Crippen molar-refractivity contribution in [2.24, 2.45) is 0 Å². The molecule has 0 saturated carbocycles. The molecule has 15 heavy (non-hydrogen) atoms. The lowest BCUT2D eigenvalue weighted by atomic mass is 10.3. The number of aryl methyl sites for hydroxylation is 2. The fourth-order valence-electron chi connectivity index (χ4n) is 1.39. The van der Waals surface area contributed by atoms with Crippen LogP contribution in [0.5, 0.6) is 0 Å². The largest absolute Gasteiger partial charge is 0.144 e. The van der Waals surface area contributed by atoms with E-state index in [0.29, 0.717) is 4.83 Å². The van der Waals surface area contributed by atoms with Crippen molar-refractivity contribution >= 4 is 54.5 Å². The SMILES string of the molecule is Cc1ccc(C(Br)c2sc(C)cc2Br)s1. The summed E-state index contributed by atoms with van der Waals surface area (Å²) >= 11 is 11.1. The number of alkyl halides is 1. The lowest BCUT2D eigenvalue weighted by Gasteiger charge is -2.05. The molecule has 1 atom stereocenters. The highest BCUT2D eigenvalue weighted by Crippen LogP contribution is 2.42. The number of thiophene rings is 2. The molecule has 0 nitrogen and oxygen atoms in total. The van der Waals surface area contributed by atoms with Crippen LogP contribution in [0, 0.1) is 13.8 Å². The molecule has 0 N–H and O–H groups in total. The molecule has 0 aliphatic heterocycles. The van der Waals surface area contributed by atoms with E-state index in [1.807, 2.05) is 22.7 Å². The smallest absolute Gasteiger partial charge is 0.0842 e. The third-order valence-electron chi connectivity index (χ3n) is 2.08. The van der Waals surface area contributed by atoms with Gasteiger partial charge in [0.25, 0.3) is 0 Å². The molecular weight excluding hydrogens is 356 g/mol. The van der Waals surface area contributed by atoms with Crippen molar-refractivity contribution in [3.63, 3.8) is 0 Å². The van der Waals surface area contributed by atoms with Crippen LogP contribution < -0.4 is 0 Å². The molecule has 0 saturated heterocycles. The molecule has 0 spiro atoms. The topological polar surface area (TPSA) is 0 Å². The van der Waals surface area contributed by atoms with Gasteiger partial charge in [-0.05, 0) is 48.0 Å². The van der Waals surface area contributed by atoms with Crippen molar-refractivity contribution in [2.75, 3.05) is 0 Å². The first-order valence-electron chi connectivity index (χ1n) is 4.54. The zero-order valence-electron chi connectivity index (χ0n) is 8.38. The van der Waals surface area contributed by atoms with Crippen molar-refractivity contribution in [1.29, 1.82) is 0 Å². The van der Waals surface area contributed by atoms with E-state index in [0.717, 1.165) is 0 Å². The summed E-state index contributed by atoms with van der Waals surface area (Å²) in [6, 6.07) is 6.54. The van der Waals surface area contributed by atoms with E-state index < -0.39 is 0 Å². The first-order valence-corrected chi connectivity index (χ1v) is 7.88. The summed E-state index contributed by atoms with van der Waals surface area (Å²) in [5.74, 6) is 0. The fraction of sp³-hybridized carbons (Fsp3) is 0.273. The van der Waals surface area contributed by atoms with E-state index in [2.05, 4.69) is 63.9 Å². The molecule has 0 aliphatic rings. The van der Waals surface area contributed by atoms with E-state index in [-0.39, 0.29) is 0 Å². The van der Waals surface area contributed by atoms with Crippen LogP contribution >= 0.6 is 54.5 Å². The molecule has 0 amide bonds. The van der Waals surface area contributed by atoms with Gasteiger partial charge in [-0.25, -0.2) is 0 Å². The summed E-state index contributed by atoms with van der Waals surface area (Å²) in [5.41, 5.74) is 0. The zero-order chi connectivity index (χ0) is 11.0. The van der Waals surface area contributed by atoms with Gasteiger partial charge in [-0.15, -0.1) is 22.7 Å². The number of hydrogen-bond donors (Lipinski definition) is 0. The van der Waals surface area contributed by atoms with Crippen molar-refractivity contribution in [1.82, 2.24) is 0 Å². The van der Waals surface area contributed by atoms with E-state index in [1.54, 1.807) is 0 Å². The Morgan fingerprint density at radius 2 is 1.87 bits per heavy atom. The van der Waals surface area contributed by atoms with Crippen molar-refractivity contribution in [3.8, 4) is 0 Å². The molecule has 2 aromatic rings. The monoisotopic (exact) mass is 364 g/mol. The number of halogens is 2. The van der Waals surface area contributed by atoms with Crippen LogP contribution in [0.25, 0.3) is 0 Å². The van der Waals surface area contributed by atoms with Crippen LogP contribution in [-0.4, -0.2) is 0 Å². The average molecular weight is 366 g/mol. The Morgan fingerprint density at radius 3 is 2.33 bits per heavy atom. The molecule has 2 heterocycles. The molecule has 0 aliphatic carbocycles. The normalized spacial score (nSPS) is 13.1. The van der Waals surface area contributed by atoms with Crippen molar-refractivity contribution in [2.45, 2.75) is 18.7 Å². The molecule has 1 unspecified atom stereocenters. The Kier molecular flexibility index (Phi) is 3.71. The van der Waals surface area contributed by atoms with Crippen LogP contribution in [0.2, 0.25) is 0 Å². The summed E-state index contributed by atoms with van der Waals surface area (Å²) < 4.78 is 1.21. The van der Waals surface area contributed by atoms with Crippen LogP contribution in [0.4, 0.5) is 0 Å². The van der Waals surface area contributed by atoms with Gasteiger partial charge >= 0.3 is 0 Å². The molecule has 0 aromatic carbocycles. The second kappa shape index (κ2) is 4.70. The Morgan fingerprint density at radius 1 is 1.13 bits per heavy atom. The van der Waals surface area contributed by atoms with Crippen LogP contribution in [0.15, 0.2) is 22.7 Å². The summed E-state index contributed by atoms with van der Waals surface area (Å²) in [4.78, 5) is 5.75. The van der Waals surface area contributed by atoms with Gasteiger partial charge in [0.2, 0.25) is 0 Å². The molecule has 80 valence electrons. The highest BCUT2D eigenvalue weighted by molar-refractivity contribution is 9.11.